The summed E-state index contributed by atoms with van der Waals surface area (Å²) in [5, 5.41) is 4.82. The molecule has 0 spiro atoms. The Hall–Kier alpha value is -4.67. The van der Waals surface area contributed by atoms with E-state index in [0.717, 1.165) is 52.0 Å². The van der Waals surface area contributed by atoms with Gasteiger partial charge in [-0.3, -0.25) is 23.7 Å². The van der Waals surface area contributed by atoms with E-state index in [1.807, 2.05) is 85.8 Å². The summed E-state index contributed by atoms with van der Waals surface area (Å²) in [4.78, 5) is 59.1. The molecule has 238 valence electrons. The Morgan fingerprint density at radius 3 is 2.26 bits per heavy atom. The van der Waals surface area contributed by atoms with Gasteiger partial charge in [0.1, 0.15) is 11.8 Å². The molecule has 0 saturated carbocycles. The molecule has 2 aliphatic heterocycles. The SMILES string of the molecule is CCN(CC)c1ccc(C2c3sc(=O)n(CC(=O)Nc4ccc5ccccc5c4)c3SC3C(=O)N(c4ccc(C)cc4)C(=O)C32)cc1. The highest BCUT2D eigenvalue weighted by molar-refractivity contribution is 8.00. The van der Waals surface area contributed by atoms with Gasteiger partial charge in [-0.05, 0) is 73.5 Å². The molecule has 47 heavy (non-hydrogen) atoms. The molecular weight excluding hydrogens is 629 g/mol. The Kier molecular flexibility index (Phi) is 8.23. The lowest BCUT2D eigenvalue weighted by molar-refractivity contribution is -0.122. The van der Waals surface area contributed by atoms with Crippen molar-refractivity contribution < 1.29 is 14.4 Å². The molecule has 1 aromatic heterocycles. The number of nitrogens with one attached hydrogen (secondary N) is 1. The van der Waals surface area contributed by atoms with Crippen LogP contribution in [-0.2, 0) is 20.9 Å². The Morgan fingerprint density at radius 1 is 0.851 bits per heavy atom. The molecule has 1 fully saturated rings. The molecule has 4 aromatic carbocycles. The zero-order valence-corrected chi connectivity index (χ0v) is 27.9. The van der Waals surface area contributed by atoms with E-state index >= 15 is 0 Å². The van der Waals surface area contributed by atoms with Crippen molar-refractivity contribution in [2.45, 2.75) is 43.5 Å². The highest BCUT2D eigenvalue weighted by Crippen LogP contribution is 2.54. The van der Waals surface area contributed by atoms with E-state index in [2.05, 4.69) is 24.1 Å². The summed E-state index contributed by atoms with van der Waals surface area (Å²) in [7, 11) is 0. The van der Waals surface area contributed by atoms with Crippen LogP contribution in [0.3, 0.4) is 0 Å². The van der Waals surface area contributed by atoms with E-state index in [1.165, 1.54) is 21.2 Å². The fraction of sp³-hybridized carbons (Fsp3) is 0.243. The maximum Gasteiger partial charge on any atom is 0.308 e. The monoisotopic (exact) mass is 662 g/mol. The number of fused-ring (bicyclic) bond motifs is 3. The first-order valence-corrected chi connectivity index (χ1v) is 17.4. The number of nitrogens with zero attached hydrogens (tertiary/aromatic N) is 3. The third-order valence-corrected chi connectivity index (χ3v) is 11.7. The van der Waals surface area contributed by atoms with Crippen LogP contribution < -0.4 is 20.0 Å². The van der Waals surface area contributed by atoms with Crippen molar-refractivity contribution in [3.63, 3.8) is 0 Å². The molecule has 10 heteroatoms. The van der Waals surface area contributed by atoms with Crippen molar-refractivity contribution in [1.82, 2.24) is 4.57 Å². The van der Waals surface area contributed by atoms with E-state index in [4.69, 9.17) is 0 Å². The molecule has 3 atom stereocenters. The number of carbonyl (C=O) groups excluding carboxylic acids is 3. The largest absolute Gasteiger partial charge is 0.372 e. The van der Waals surface area contributed by atoms with Gasteiger partial charge < -0.3 is 10.2 Å². The van der Waals surface area contributed by atoms with Gasteiger partial charge in [-0.15, -0.1) is 0 Å². The van der Waals surface area contributed by atoms with Gasteiger partial charge >= 0.3 is 4.87 Å². The first-order valence-electron chi connectivity index (χ1n) is 15.8. The number of anilines is 3. The van der Waals surface area contributed by atoms with Crippen molar-refractivity contribution in [1.29, 1.82) is 0 Å². The third-order valence-electron chi connectivity index (χ3n) is 9.06. The number of aromatic nitrogens is 1. The Balaban J connectivity index is 1.26. The van der Waals surface area contributed by atoms with E-state index in [9.17, 15) is 19.2 Å². The van der Waals surface area contributed by atoms with Gasteiger partial charge in [0.25, 0.3) is 0 Å². The average molecular weight is 663 g/mol. The van der Waals surface area contributed by atoms with E-state index in [0.29, 0.717) is 21.3 Å². The lowest BCUT2D eigenvalue weighted by Crippen LogP contribution is -2.33. The Labute approximate surface area is 281 Å². The Bertz CT molecular complexity index is 2070. The van der Waals surface area contributed by atoms with Gasteiger partial charge in [0.2, 0.25) is 17.7 Å². The van der Waals surface area contributed by atoms with Gasteiger partial charge in [0.05, 0.1) is 16.6 Å². The van der Waals surface area contributed by atoms with Crippen molar-refractivity contribution in [2.75, 3.05) is 28.2 Å². The number of aryl methyl sites for hydroxylation is 1. The van der Waals surface area contributed by atoms with Gasteiger partial charge in [0, 0.05) is 35.3 Å². The zero-order chi connectivity index (χ0) is 32.8. The van der Waals surface area contributed by atoms with Crippen molar-refractivity contribution in [2.24, 2.45) is 5.92 Å². The van der Waals surface area contributed by atoms with Crippen LogP contribution in [0.1, 0.15) is 35.8 Å². The van der Waals surface area contributed by atoms with Crippen LogP contribution in [0.25, 0.3) is 10.8 Å². The first kappa shape index (κ1) is 31.0. The van der Waals surface area contributed by atoms with E-state index < -0.39 is 17.1 Å². The summed E-state index contributed by atoms with van der Waals surface area (Å²) in [5.74, 6) is -2.15. The lowest BCUT2D eigenvalue weighted by Gasteiger charge is -2.31. The molecule has 0 bridgehead atoms. The highest BCUT2D eigenvalue weighted by atomic mass is 32.2. The lowest BCUT2D eigenvalue weighted by atomic mass is 9.83. The molecule has 1 saturated heterocycles. The zero-order valence-electron chi connectivity index (χ0n) is 26.3. The first-order chi connectivity index (χ1) is 22.8. The molecular formula is C37H34N4O4S2. The maximum atomic E-state index is 14.2. The van der Waals surface area contributed by atoms with Crippen molar-refractivity contribution in [3.8, 4) is 0 Å². The second-order valence-corrected chi connectivity index (χ2v) is 14.0. The number of carbonyl (C=O) groups is 3. The average Bonchev–Trinajstić information content (AvgIpc) is 3.52. The molecule has 3 unspecified atom stereocenters. The molecule has 3 amide bonds. The van der Waals surface area contributed by atoms with E-state index in [1.54, 1.807) is 12.1 Å². The summed E-state index contributed by atoms with van der Waals surface area (Å²) in [5.41, 5.74) is 4.12. The number of amides is 3. The fourth-order valence-corrected chi connectivity index (χ4v) is 9.43. The normalized spacial score (nSPS) is 18.7. The number of thioether (sulfide) groups is 1. The smallest absolute Gasteiger partial charge is 0.308 e. The number of hydrogen-bond acceptors (Lipinski definition) is 7. The molecule has 0 radical (unpaired) electrons. The fourth-order valence-electron chi connectivity index (χ4n) is 6.66. The summed E-state index contributed by atoms with van der Waals surface area (Å²) >= 11 is 2.28. The summed E-state index contributed by atoms with van der Waals surface area (Å²) in [6, 6.07) is 29.0. The molecule has 3 heterocycles. The van der Waals surface area contributed by atoms with Crippen molar-refractivity contribution in [3.05, 3.63) is 117 Å². The van der Waals surface area contributed by atoms with Gasteiger partial charge in [0.15, 0.2) is 0 Å². The van der Waals surface area contributed by atoms with Crippen LogP contribution in [0.5, 0.6) is 0 Å². The number of imide groups is 1. The van der Waals surface area contributed by atoms with Crippen LogP contribution in [-0.4, -0.2) is 40.6 Å². The molecule has 5 aromatic rings. The highest BCUT2D eigenvalue weighted by Gasteiger charge is 2.56. The summed E-state index contributed by atoms with van der Waals surface area (Å²) in [6.45, 7) is 7.67. The number of hydrogen-bond donors (Lipinski definition) is 1. The predicted octanol–water partition coefficient (Wildman–Crippen LogP) is 6.65. The van der Waals surface area contributed by atoms with Gasteiger partial charge in [-0.2, -0.15) is 0 Å². The minimum absolute atomic E-state index is 0.209. The molecule has 8 nitrogen and oxygen atoms in total. The Morgan fingerprint density at radius 2 is 1.55 bits per heavy atom. The number of benzene rings is 4. The van der Waals surface area contributed by atoms with Crippen LogP contribution in [0, 0.1) is 12.8 Å². The number of thiazole rings is 1. The second-order valence-electron chi connectivity index (χ2n) is 11.9. The topological polar surface area (TPSA) is 91.7 Å². The van der Waals surface area contributed by atoms with Gasteiger partial charge in [-0.25, -0.2) is 4.90 Å². The number of rotatable bonds is 8. The van der Waals surface area contributed by atoms with Crippen molar-refractivity contribution >= 4 is 68.7 Å². The predicted molar refractivity (Wildman–Crippen MR) is 190 cm³/mol. The van der Waals surface area contributed by atoms with Crippen LogP contribution in [0.2, 0.25) is 0 Å². The molecule has 7 rings (SSSR count). The summed E-state index contributed by atoms with van der Waals surface area (Å²) < 4.78 is 1.46. The quantitative estimate of drug-likeness (QED) is 0.187. The molecule has 1 N–H and O–H groups in total. The minimum atomic E-state index is -0.743. The summed E-state index contributed by atoms with van der Waals surface area (Å²) in [6.07, 6.45) is 0. The van der Waals surface area contributed by atoms with Gasteiger partial charge in [-0.1, -0.05) is 83.3 Å². The van der Waals surface area contributed by atoms with Crippen LogP contribution >= 0.6 is 23.1 Å². The third kappa shape index (κ3) is 5.55. The second kappa shape index (κ2) is 12.5. The molecule has 0 aliphatic carbocycles. The standard InChI is InChI=1S/C37H34N4O4S2/c1-4-39(5-2)27-18-13-24(14-19-27)30-31-32(35(44)41(34(31)43)28-16-10-22(3)11-17-28)46-36-33(30)47-37(45)40(36)21-29(42)38-26-15-12-23-8-6-7-9-25(23)20-26/h6-20,30-32H,4-5,21H2,1-3H3,(H,38,42). The minimum Gasteiger partial charge on any atom is -0.372 e. The van der Waals surface area contributed by atoms with E-state index in [-0.39, 0.29) is 29.1 Å². The van der Waals surface area contributed by atoms with Crippen LogP contribution in [0.4, 0.5) is 17.1 Å². The molecule has 2 aliphatic rings. The van der Waals surface area contributed by atoms with Crippen LogP contribution in [0.15, 0.2) is 101 Å². The maximum absolute atomic E-state index is 14.2.